The number of fused-ring (bicyclic) bond motifs is 1. The number of aliphatic carboxylic acids is 1. The van der Waals surface area contributed by atoms with E-state index in [2.05, 4.69) is 16.0 Å². The fraction of sp³-hybridized carbons (Fsp3) is 0.200. The maximum absolute atomic E-state index is 12.5. The molecular formula is C20H20N4O5. The van der Waals surface area contributed by atoms with Crippen molar-refractivity contribution in [2.45, 2.75) is 12.5 Å². The molecule has 0 aromatic heterocycles. The summed E-state index contributed by atoms with van der Waals surface area (Å²) in [5, 5.41) is 16.8. The lowest BCUT2D eigenvalue weighted by molar-refractivity contribution is -0.141. The van der Waals surface area contributed by atoms with Gasteiger partial charge in [-0.25, -0.2) is 9.59 Å². The number of anilines is 2. The lowest BCUT2D eigenvalue weighted by Crippen LogP contribution is -2.51. The van der Waals surface area contributed by atoms with Gasteiger partial charge in [-0.05, 0) is 17.7 Å². The third-order valence-corrected chi connectivity index (χ3v) is 4.33. The Labute approximate surface area is 166 Å². The molecule has 2 aromatic carbocycles. The molecule has 1 aliphatic heterocycles. The molecule has 0 aliphatic carbocycles. The third kappa shape index (κ3) is 5.10. The van der Waals surface area contributed by atoms with Gasteiger partial charge in [0, 0.05) is 6.42 Å². The second kappa shape index (κ2) is 8.87. The number of para-hydroxylation sites is 2. The number of amides is 4. The smallest absolute Gasteiger partial charge is 0.326 e. The van der Waals surface area contributed by atoms with Crippen molar-refractivity contribution in [1.29, 1.82) is 0 Å². The normalized spacial score (nSPS) is 13.7. The molecule has 0 bridgehead atoms. The molecular weight excluding hydrogens is 376 g/mol. The van der Waals surface area contributed by atoms with Crippen molar-refractivity contribution in [3.63, 3.8) is 0 Å². The van der Waals surface area contributed by atoms with Gasteiger partial charge in [-0.15, -0.1) is 0 Å². The van der Waals surface area contributed by atoms with Crippen LogP contribution in [0.3, 0.4) is 0 Å². The summed E-state index contributed by atoms with van der Waals surface area (Å²) in [6, 6.07) is 14.0. The van der Waals surface area contributed by atoms with Gasteiger partial charge in [0.05, 0.1) is 17.9 Å². The maximum atomic E-state index is 12.5. The molecule has 0 saturated heterocycles. The fourth-order valence-corrected chi connectivity index (χ4v) is 2.96. The second-order valence-electron chi connectivity index (χ2n) is 6.46. The van der Waals surface area contributed by atoms with Crippen molar-refractivity contribution in [3.05, 3.63) is 60.2 Å². The van der Waals surface area contributed by atoms with Gasteiger partial charge in [-0.2, -0.15) is 0 Å². The minimum Gasteiger partial charge on any atom is -0.480 e. The highest BCUT2D eigenvalue weighted by Gasteiger charge is 2.27. The van der Waals surface area contributed by atoms with Crippen molar-refractivity contribution >= 4 is 35.2 Å². The number of carboxylic acids is 1. The van der Waals surface area contributed by atoms with E-state index in [1.807, 2.05) is 6.07 Å². The summed E-state index contributed by atoms with van der Waals surface area (Å²) in [4.78, 5) is 49.1. The number of hydrogen-bond donors (Lipinski definition) is 4. The van der Waals surface area contributed by atoms with Crippen molar-refractivity contribution in [3.8, 4) is 0 Å². The number of benzene rings is 2. The number of rotatable bonds is 6. The Balaban J connectivity index is 1.58. The highest BCUT2D eigenvalue weighted by atomic mass is 16.4. The molecule has 1 aliphatic rings. The predicted molar refractivity (Wildman–Crippen MR) is 106 cm³/mol. The zero-order chi connectivity index (χ0) is 20.8. The average molecular weight is 396 g/mol. The van der Waals surface area contributed by atoms with Gasteiger partial charge in [0.2, 0.25) is 11.8 Å². The zero-order valence-electron chi connectivity index (χ0n) is 15.4. The lowest BCUT2D eigenvalue weighted by Gasteiger charge is -2.29. The number of carbonyl (C=O) groups is 4. The predicted octanol–water partition coefficient (Wildman–Crippen LogP) is 0.967. The molecule has 150 valence electrons. The summed E-state index contributed by atoms with van der Waals surface area (Å²) in [7, 11) is 0. The number of nitrogens with zero attached hydrogens (tertiary/aromatic N) is 1. The van der Waals surface area contributed by atoms with Crippen LogP contribution >= 0.6 is 0 Å². The summed E-state index contributed by atoms with van der Waals surface area (Å²) >= 11 is 0. The van der Waals surface area contributed by atoms with Crippen LogP contribution in [0.4, 0.5) is 16.2 Å². The fourth-order valence-electron chi connectivity index (χ4n) is 2.96. The van der Waals surface area contributed by atoms with Crippen LogP contribution in [-0.4, -0.2) is 48.1 Å². The van der Waals surface area contributed by atoms with Crippen LogP contribution in [0.5, 0.6) is 0 Å². The summed E-state index contributed by atoms with van der Waals surface area (Å²) < 4.78 is 0. The maximum Gasteiger partial charge on any atom is 0.326 e. The van der Waals surface area contributed by atoms with Gasteiger partial charge >= 0.3 is 12.0 Å². The summed E-state index contributed by atoms with van der Waals surface area (Å²) in [6.45, 7) is -0.603. The first-order valence-electron chi connectivity index (χ1n) is 8.94. The van der Waals surface area contributed by atoms with E-state index in [9.17, 15) is 24.3 Å². The first kappa shape index (κ1) is 19.9. The molecule has 1 atom stereocenters. The molecule has 0 spiro atoms. The van der Waals surface area contributed by atoms with E-state index in [0.717, 1.165) is 5.56 Å². The molecule has 9 nitrogen and oxygen atoms in total. The molecule has 2 aromatic rings. The third-order valence-electron chi connectivity index (χ3n) is 4.33. The monoisotopic (exact) mass is 396 g/mol. The van der Waals surface area contributed by atoms with Crippen LogP contribution in [0.15, 0.2) is 54.6 Å². The van der Waals surface area contributed by atoms with Crippen LogP contribution in [0.1, 0.15) is 5.56 Å². The molecule has 4 N–H and O–H groups in total. The molecule has 1 heterocycles. The van der Waals surface area contributed by atoms with Crippen molar-refractivity contribution in [2.75, 3.05) is 23.3 Å². The Morgan fingerprint density at radius 1 is 1.07 bits per heavy atom. The SMILES string of the molecule is O=C1CN(C(=O)NCC(=O)N[C@@H](Cc2ccccc2)C(=O)O)c2ccccc2N1. The van der Waals surface area contributed by atoms with Gasteiger partial charge in [0.15, 0.2) is 0 Å². The van der Waals surface area contributed by atoms with Crippen LogP contribution in [0, 0.1) is 0 Å². The number of urea groups is 1. The van der Waals surface area contributed by atoms with Crippen molar-refractivity contribution in [1.82, 2.24) is 10.6 Å². The Hall–Kier alpha value is -3.88. The molecule has 4 amide bonds. The van der Waals surface area contributed by atoms with Gasteiger partial charge in [0.25, 0.3) is 0 Å². The molecule has 0 unspecified atom stereocenters. The average Bonchev–Trinajstić information content (AvgIpc) is 2.71. The molecule has 9 heteroatoms. The molecule has 0 fully saturated rings. The van der Waals surface area contributed by atoms with E-state index in [4.69, 9.17) is 0 Å². The minimum absolute atomic E-state index is 0.121. The van der Waals surface area contributed by atoms with E-state index < -0.39 is 30.5 Å². The molecule has 0 radical (unpaired) electrons. The quantitative estimate of drug-likeness (QED) is 0.578. The molecule has 3 rings (SSSR count). The van der Waals surface area contributed by atoms with E-state index >= 15 is 0 Å². The molecule has 29 heavy (non-hydrogen) atoms. The first-order valence-corrected chi connectivity index (χ1v) is 8.94. The first-order chi connectivity index (χ1) is 13.9. The second-order valence-corrected chi connectivity index (χ2v) is 6.46. The molecule has 0 saturated carbocycles. The minimum atomic E-state index is -1.17. The largest absolute Gasteiger partial charge is 0.480 e. The zero-order valence-corrected chi connectivity index (χ0v) is 15.4. The van der Waals surface area contributed by atoms with Crippen LogP contribution in [-0.2, 0) is 20.8 Å². The standard InChI is InChI=1S/C20H20N4O5/c25-17(23-15(19(27)28)10-13-6-2-1-3-7-13)11-21-20(29)24-12-18(26)22-14-8-4-5-9-16(14)24/h1-9,15H,10-12H2,(H,21,29)(H,22,26)(H,23,25)(H,27,28)/t15-/m0/s1. The topological polar surface area (TPSA) is 128 Å². The van der Waals surface area contributed by atoms with E-state index in [1.165, 1.54) is 4.90 Å². The summed E-state index contributed by atoms with van der Waals surface area (Å²) in [5.74, 6) is -2.16. The summed E-state index contributed by atoms with van der Waals surface area (Å²) in [6.07, 6.45) is 0.121. The summed E-state index contributed by atoms with van der Waals surface area (Å²) in [5.41, 5.74) is 1.77. The van der Waals surface area contributed by atoms with Crippen molar-refractivity contribution in [2.24, 2.45) is 0 Å². The van der Waals surface area contributed by atoms with Gasteiger partial charge in [0.1, 0.15) is 12.6 Å². The van der Waals surface area contributed by atoms with Crippen LogP contribution in [0.2, 0.25) is 0 Å². The van der Waals surface area contributed by atoms with E-state index in [0.29, 0.717) is 11.4 Å². The lowest BCUT2D eigenvalue weighted by atomic mass is 10.1. The number of carbonyl (C=O) groups excluding carboxylic acids is 3. The highest BCUT2D eigenvalue weighted by molar-refractivity contribution is 6.09. The van der Waals surface area contributed by atoms with Gasteiger partial charge < -0.3 is 21.1 Å². The number of nitrogens with one attached hydrogen (secondary N) is 3. The van der Waals surface area contributed by atoms with E-state index in [-0.39, 0.29) is 18.9 Å². The van der Waals surface area contributed by atoms with E-state index in [1.54, 1.807) is 48.5 Å². The van der Waals surface area contributed by atoms with Gasteiger partial charge in [-0.3, -0.25) is 14.5 Å². The Morgan fingerprint density at radius 3 is 2.48 bits per heavy atom. The number of carboxylic acid groups (broad SMARTS) is 1. The Morgan fingerprint density at radius 2 is 1.76 bits per heavy atom. The highest BCUT2D eigenvalue weighted by Crippen LogP contribution is 2.28. The number of hydrogen-bond acceptors (Lipinski definition) is 4. The van der Waals surface area contributed by atoms with Gasteiger partial charge in [-0.1, -0.05) is 42.5 Å². The van der Waals surface area contributed by atoms with Crippen molar-refractivity contribution < 1.29 is 24.3 Å². The van der Waals surface area contributed by atoms with Crippen LogP contribution < -0.4 is 20.9 Å². The Kier molecular flexibility index (Phi) is 6.08. The van der Waals surface area contributed by atoms with Crippen LogP contribution in [0.25, 0.3) is 0 Å². The Bertz CT molecular complexity index is 931.